The lowest BCUT2D eigenvalue weighted by Crippen LogP contribution is -2.49. The second kappa shape index (κ2) is 7.62. The van der Waals surface area contributed by atoms with Crippen LogP contribution in [0.25, 0.3) is 0 Å². The van der Waals surface area contributed by atoms with Crippen molar-refractivity contribution < 1.29 is 19.1 Å². The van der Waals surface area contributed by atoms with Gasteiger partial charge < -0.3 is 9.47 Å². The largest absolute Gasteiger partial charge is 0.444 e. The molecule has 0 bridgehead atoms. The van der Waals surface area contributed by atoms with E-state index in [1.165, 1.54) is 23.9 Å². The molecule has 2 unspecified atom stereocenters. The van der Waals surface area contributed by atoms with E-state index in [9.17, 15) is 9.59 Å². The van der Waals surface area contributed by atoms with Gasteiger partial charge in [0.05, 0.1) is 0 Å². The summed E-state index contributed by atoms with van der Waals surface area (Å²) in [7, 11) is 0. The van der Waals surface area contributed by atoms with Gasteiger partial charge in [0.25, 0.3) is 12.5 Å². The van der Waals surface area contributed by atoms with Gasteiger partial charge in [0.15, 0.2) is 0 Å². The summed E-state index contributed by atoms with van der Waals surface area (Å²) in [5.74, 6) is -0.0949. The van der Waals surface area contributed by atoms with Gasteiger partial charge in [0.2, 0.25) is 23.6 Å². The standard InChI is InChI=1S/C22H22N4O4/c1-13-7-5-9-17(11-13)19-23-25(15(3)27)21(29-19)22-26(16(4)28)24-20(30-22)18-10-6-8-14(2)12-18/h5-12,21-22H,1-4H3. The lowest BCUT2D eigenvalue weighted by Gasteiger charge is -2.27. The molecule has 0 aromatic heterocycles. The van der Waals surface area contributed by atoms with Crippen LogP contribution in [-0.4, -0.2) is 46.1 Å². The summed E-state index contributed by atoms with van der Waals surface area (Å²) >= 11 is 0. The van der Waals surface area contributed by atoms with Crippen molar-refractivity contribution in [3.8, 4) is 0 Å². The molecule has 154 valence electrons. The molecule has 2 aliphatic heterocycles. The van der Waals surface area contributed by atoms with E-state index in [0.717, 1.165) is 22.3 Å². The fourth-order valence-electron chi connectivity index (χ4n) is 3.35. The van der Waals surface area contributed by atoms with Crippen molar-refractivity contribution >= 4 is 23.6 Å². The average Bonchev–Trinajstić information content (AvgIpc) is 3.33. The molecule has 2 atom stereocenters. The summed E-state index contributed by atoms with van der Waals surface area (Å²) < 4.78 is 12.0. The Morgan fingerprint density at radius 3 is 1.50 bits per heavy atom. The van der Waals surface area contributed by atoms with Gasteiger partial charge in [0, 0.05) is 25.0 Å². The van der Waals surface area contributed by atoms with Crippen LogP contribution >= 0.6 is 0 Å². The number of amides is 2. The highest BCUT2D eigenvalue weighted by Crippen LogP contribution is 2.28. The Morgan fingerprint density at radius 1 is 0.767 bits per heavy atom. The van der Waals surface area contributed by atoms with Crippen molar-refractivity contribution in [3.63, 3.8) is 0 Å². The zero-order valence-corrected chi connectivity index (χ0v) is 17.2. The highest BCUT2D eigenvalue weighted by Gasteiger charge is 2.47. The van der Waals surface area contributed by atoms with Crippen LogP contribution in [0, 0.1) is 13.8 Å². The number of carbonyl (C=O) groups excluding carboxylic acids is 2. The molecule has 2 amide bonds. The molecule has 2 aromatic rings. The number of hydrazone groups is 2. The molecule has 4 rings (SSSR count). The first-order chi connectivity index (χ1) is 14.3. The van der Waals surface area contributed by atoms with Crippen molar-refractivity contribution in [3.05, 3.63) is 70.8 Å². The van der Waals surface area contributed by atoms with E-state index in [4.69, 9.17) is 9.47 Å². The Balaban J connectivity index is 1.65. The number of nitrogens with zero attached hydrogens (tertiary/aromatic N) is 4. The van der Waals surface area contributed by atoms with Crippen LogP contribution in [0.2, 0.25) is 0 Å². The molecule has 0 radical (unpaired) electrons. The van der Waals surface area contributed by atoms with Crippen LogP contribution in [0.1, 0.15) is 36.1 Å². The third-order valence-electron chi connectivity index (χ3n) is 4.76. The highest BCUT2D eigenvalue weighted by molar-refractivity contribution is 5.98. The van der Waals surface area contributed by atoms with Crippen molar-refractivity contribution in [2.24, 2.45) is 10.2 Å². The molecule has 2 aliphatic rings. The van der Waals surface area contributed by atoms with Crippen molar-refractivity contribution in [2.75, 3.05) is 0 Å². The van der Waals surface area contributed by atoms with Crippen LogP contribution in [-0.2, 0) is 19.1 Å². The summed E-state index contributed by atoms with van der Waals surface area (Å²) in [6.07, 6.45) is -1.93. The normalized spacial score (nSPS) is 20.4. The van der Waals surface area contributed by atoms with Crippen molar-refractivity contribution in [1.82, 2.24) is 10.0 Å². The second-order valence-electron chi connectivity index (χ2n) is 7.29. The molecule has 30 heavy (non-hydrogen) atoms. The van der Waals surface area contributed by atoms with E-state index in [0.29, 0.717) is 0 Å². The molecule has 0 fully saturated rings. The third kappa shape index (κ3) is 3.63. The van der Waals surface area contributed by atoms with Crippen LogP contribution in [0.5, 0.6) is 0 Å². The van der Waals surface area contributed by atoms with Gasteiger partial charge in [-0.15, -0.1) is 10.2 Å². The SMILES string of the molecule is CC(=O)N1N=C(c2cccc(C)c2)OC1C1OC(c2cccc(C)c2)=NN1C(C)=O. The Labute approximate surface area is 174 Å². The molecule has 2 aromatic carbocycles. The first-order valence-electron chi connectivity index (χ1n) is 9.57. The molecular weight excluding hydrogens is 384 g/mol. The van der Waals surface area contributed by atoms with E-state index in [1.807, 2.05) is 62.4 Å². The molecule has 0 aliphatic carbocycles. The maximum atomic E-state index is 12.3. The van der Waals surface area contributed by atoms with Gasteiger partial charge in [-0.2, -0.15) is 10.0 Å². The zero-order valence-electron chi connectivity index (χ0n) is 17.2. The second-order valence-corrected chi connectivity index (χ2v) is 7.29. The van der Waals surface area contributed by atoms with E-state index in [1.54, 1.807) is 0 Å². The number of ether oxygens (including phenoxy) is 2. The van der Waals surface area contributed by atoms with Crippen molar-refractivity contribution in [1.29, 1.82) is 0 Å². The van der Waals surface area contributed by atoms with Gasteiger partial charge in [-0.1, -0.05) is 35.4 Å². The van der Waals surface area contributed by atoms with E-state index < -0.39 is 12.5 Å². The Kier molecular flexibility index (Phi) is 4.99. The first-order valence-corrected chi connectivity index (χ1v) is 9.57. The molecule has 8 heteroatoms. The van der Waals surface area contributed by atoms with Gasteiger partial charge in [-0.05, 0) is 38.1 Å². The lowest BCUT2D eigenvalue weighted by molar-refractivity contribution is -0.158. The molecular formula is C22H22N4O4. The summed E-state index contributed by atoms with van der Waals surface area (Å²) in [5.41, 5.74) is 3.53. The average molecular weight is 406 g/mol. The van der Waals surface area contributed by atoms with Gasteiger partial charge in [0.1, 0.15) is 0 Å². The van der Waals surface area contributed by atoms with Crippen LogP contribution in [0.3, 0.4) is 0 Å². The van der Waals surface area contributed by atoms with E-state index in [2.05, 4.69) is 10.2 Å². The minimum absolute atomic E-state index is 0.287. The fourth-order valence-corrected chi connectivity index (χ4v) is 3.35. The van der Waals surface area contributed by atoms with Crippen LogP contribution < -0.4 is 0 Å². The highest BCUT2D eigenvalue weighted by atomic mass is 16.6. The number of aryl methyl sites for hydroxylation is 2. The summed E-state index contributed by atoms with van der Waals surface area (Å²) in [4.78, 5) is 24.5. The van der Waals surface area contributed by atoms with Gasteiger partial charge >= 0.3 is 0 Å². The molecule has 0 saturated carbocycles. The smallest absolute Gasteiger partial charge is 0.254 e. The number of benzene rings is 2. The number of hydrogen-bond acceptors (Lipinski definition) is 6. The number of rotatable bonds is 3. The summed E-state index contributed by atoms with van der Waals surface area (Å²) in [6, 6.07) is 15.2. The molecule has 0 saturated heterocycles. The molecule has 0 N–H and O–H groups in total. The maximum Gasteiger partial charge on any atom is 0.254 e. The zero-order chi connectivity index (χ0) is 21.4. The fraction of sp³-hybridized carbons (Fsp3) is 0.273. The third-order valence-corrected chi connectivity index (χ3v) is 4.76. The van der Waals surface area contributed by atoms with Crippen LogP contribution in [0.4, 0.5) is 0 Å². The molecule has 2 heterocycles. The molecule has 8 nitrogen and oxygen atoms in total. The maximum absolute atomic E-state index is 12.3. The quantitative estimate of drug-likeness (QED) is 0.785. The predicted octanol–water partition coefficient (Wildman–Crippen LogP) is 2.74. The van der Waals surface area contributed by atoms with Crippen LogP contribution in [0.15, 0.2) is 58.7 Å². The Morgan fingerprint density at radius 2 is 1.17 bits per heavy atom. The topological polar surface area (TPSA) is 83.8 Å². The first kappa shape index (κ1) is 19.6. The van der Waals surface area contributed by atoms with Crippen molar-refractivity contribution in [2.45, 2.75) is 40.2 Å². The van der Waals surface area contributed by atoms with Gasteiger partial charge in [-0.3, -0.25) is 9.59 Å². The van der Waals surface area contributed by atoms with E-state index >= 15 is 0 Å². The molecule has 0 spiro atoms. The van der Waals surface area contributed by atoms with Gasteiger partial charge in [-0.25, -0.2) is 0 Å². The monoisotopic (exact) mass is 406 g/mol. The van der Waals surface area contributed by atoms with E-state index in [-0.39, 0.29) is 23.6 Å². The summed E-state index contributed by atoms with van der Waals surface area (Å²) in [6.45, 7) is 6.68. The minimum atomic E-state index is -0.965. The lowest BCUT2D eigenvalue weighted by atomic mass is 10.1. The summed E-state index contributed by atoms with van der Waals surface area (Å²) in [5, 5.41) is 11.1. The Bertz CT molecular complexity index is 993. The Hall–Kier alpha value is -3.68. The number of carbonyl (C=O) groups is 2. The predicted molar refractivity (Wildman–Crippen MR) is 110 cm³/mol. The minimum Gasteiger partial charge on any atom is -0.444 e. The number of hydrogen-bond donors (Lipinski definition) is 0.